The molecule has 0 saturated carbocycles. The SMILES string of the molecule is CC(C)C[C@@H](NC=O)NC(=O)OC(C)(C)C. The third-order valence-electron chi connectivity index (χ3n) is 1.67. The normalized spacial score (nSPS) is 13.1. The molecule has 0 bridgehead atoms. The summed E-state index contributed by atoms with van der Waals surface area (Å²) in [6, 6.07) is 0. The van der Waals surface area contributed by atoms with Crippen molar-refractivity contribution in [3.8, 4) is 0 Å². The van der Waals surface area contributed by atoms with Gasteiger partial charge in [0.25, 0.3) is 0 Å². The highest BCUT2D eigenvalue weighted by molar-refractivity contribution is 5.68. The topological polar surface area (TPSA) is 67.4 Å². The van der Waals surface area contributed by atoms with E-state index in [1.54, 1.807) is 20.8 Å². The van der Waals surface area contributed by atoms with Crippen LogP contribution in [0.15, 0.2) is 0 Å². The van der Waals surface area contributed by atoms with Crippen molar-refractivity contribution in [1.29, 1.82) is 0 Å². The monoisotopic (exact) mass is 230 g/mol. The van der Waals surface area contributed by atoms with Gasteiger partial charge < -0.3 is 15.4 Å². The van der Waals surface area contributed by atoms with E-state index in [0.29, 0.717) is 18.7 Å². The van der Waals surface area contributed by atoms with Gasteiger partial charge in [0, 0.05) is 0 Å². The Morgan fingerprint density at radius 3 is 2.31 bits per heavy atom. The van der Waals surface area contributed by atoms with Gasteiger partial charge in [0.05, 0.1) is 0 Å². The molecule has 0 aromatic rings. The number of carbonyl (C=O) groups is 2. The summed E-state index contributed by atoms with van der Waals surface area (Å²) in [4.78, 5) is 21.8. The third kappa shape index (κ3) is 8.08. The predicted molar refractivity (Wildman–Crippen MR) is 61.8 cm³/mol. The van der Waals surface area contributed by atoms with Crippen LogP contribution in [-0.4, -0.2) is 24.3 Å². The van der Waals surface area contributed by atoms with E-state index in [-0.39, 0.29) is 6.17 Å². The molecule has 5 nitrogen and oxygen atoms in total. The summed E-state index contributed by atoms with van der Waals surface area (Å²) in [5.74, 6) is 0.368. The zero-order valence-corrected chi connectivity index (χ0v) is 10.7. The zero-order valence-electron chi connectivity index (χ0n) is 10.7. The van der Waals surface area contributed by atoms with Gasteiger partial charge in [-0.25, -0.2) is 4.79 Å². The minimum atomic E-state index is -0.534. The van der Waals surface area contributed by atoms with Crippen molar-refractivity contribution in [2.75, 3.05) is 0 Å². The lowest BCUT2D eigenvalue weighted by Gasteiger charge is -2.24. The fourth-order valence-electron chi connectivity index (χ4n) is 1.17. The molecule has 5 heteroatoms. The second-order valence-electron chi connectivity index (χ2n) is 5.11. The van der Waals surface area contributed by atoms with Crippen LogP contribution in [0, 0.1) is 5.92 Å². The molecule has 0 aliphatic heterocycles. The zero-order chi connectivity index (χ0) is 12.8. The van der Waals surface area contributed by atoms with Crippen LogP contribution in [0.5, 0.6) is 0 Å². The molecular weight excluding hydrogens is 208 g/mol. The number of hydrogen-bond acceptors (Lipinski definition) is 3. The summed E-state index contributed by atoms with van der Waals surface area (Å²) in [5, 5.41) is 5.14. The Hall–Kier alpha value is -1.26. The average molecular weight is 230 g/mol. The van der Waals surface area contributed by atoms with Crippen molar-refractivity contribution in [2.24, 2.45) is 5.92 Å². The van der Waals surface area contributed by atoms with Crippen molar-refractivity contribution < 1.29 is 14.3 Å². The molecule has 0 aromatic heterocycles. The van der Waals surface area contributed by atoms with E-state index in [0.717, 1.165) is 0 Å². The van der Waals surface area contributed by atoms with Gasteiger partial charge in [-0.05, 0) is 33.1 Å². The van der Waals surface area contributed by atoms with Crippen molar-refractivity contribution in [1.82, 2.24) is 10.6 Å². The summed E-state index contributed by atoms with van der Waals surface area (Å²) < 4.78 is 5.09. The van der Waals surface area contributed by atoms with Crippen LogP contribution in [-0.2, 0) is 9.53 Å². The van der Waals surface area contributed by atoms with Crippen LogP contribution in [0.25, 0.3) is 0 Å². The van der Waals surface area contributed by atoms with E-state index >= 15 is 0 Å². The number of ether oxygens (including phenoxy) is 1. The largest absolute Gasteiger partial charge is 0.444 e. The van der Waals surface area contributed by atoms with E-state index in [1.807, 2.05) is 13.8 Å². The van der Waals surface area contributed by atoms with E-state index in [9.17, 15) is 9.59 Å². The Bertz CT molecular complexity index is 234. The third-order valence-corrected chi connectivity index (χ3v) is 1.67. The molecule has 0 unspecified atom stereocenters. The molecular formula is C11H22N2O3. The highest BCUT2D eigenvalue weighted by Crippen LogP contribution is 2.08. The van der Waals surface area contributed by atoms with Gasteiger partial charge in [0.2, 0.25) is 6.41 Å². The van der Waals surface area contributed by atoms with Crippen molar-refractivity contribution >= 4 is 12.5 Å². The van der Waals surface area contributed by atoms with Gasteiger partial charge in [0.15, 0.2) is 0 Å². The van der Waals surface area contributed by atoms with Crippen LogP contribution in [0.1, 0.15) is 41.0 Å². The van der Waals surface area contributed by atoms with Gasteiger partial charge in [0.1, 0.15) is 11.8 Å². The van der Waals surface area contributed by atoms with E-state index in [1.165, 1.54) is 0 Å². The molecule has 94 valence electrons. The van der Waals surface area contributed by atoms with Crippen molar-refractivity contribution in [2.45, 2.75) is 52.8 Å². The van der Waals surface area contributed by atoms with Gasteiger partial charge in [-0.1, -0.05) is 13.8 Å². The quantitative estimate of drug-likeness (QED) is 0.557. The van der Waals surface area contributed by atoms with Gasteiger partial charge in [-0.3, -0.25) is 4.79 Å². The molecule has 2 amide bonds. The minimum absolute atomic E-state index is 0.368. The molecule has 0 saturated heterocycles. The highest BCUT2D eigenvalue weighted by Gasteiger charge is 2.19. The first-order valence-electron chi connectivity index (χ1n) is 5.44. The molecule has 1 atom stereocenters. The first-order chi connectivity index (χ1) is 7.24. The van der Waals surface area contributed by atoms with Gasteiger partial charge in [-0.2, -0.15) is 0 Å². The van der Waals surface area contributed by atoms with Gasteiger partial charge >= 0.3 is 6.09 Å². The lowest BCUT2D eigenvalue weighted by atomic mass is 10.1. The summed E-state index contributed by atoms with van der Waals surface area (Å²) in [7, 11) is 0. The predicted octanol–water partition coefficient (Wildman–Crippen LogP) is 1.63. The lowest BCUT2D eigenvalue weighted by molar-refractivity contribution is -0.110. The summed E-state index contributed by atoms with van der Waals surface area (Å²) in [6.07, 6.45) is 0.336. The van der Waals surface area contributed by atoms with Gasteiger partial charge in [-0.15, -0.1) is 0 Å². The Balaban J connectivity index is 4.17. The number of carbonyl (C=O) groups excluding carboxylic acids is 2. The van der Waals surface area contributed by atoms with E-state index < -0.39 is 11.7 Å². The van der Waals surface area contributed by atoms with Crippen LogP contribution < -0.4 is 10.6 Å². The van der Waals surface area contributed by atoms with Crippen LogP contribution in [0.2, 0.25) is 0 Å². The van der Waals surface area contributed by atoms with Crippen LogP contribution in [0.4, 0.5) is 4.79 Å². The van der Waals surface area contributed by atoms with E-state index in [4.69, 9.17) is 4.74 Å². The number of hydrogen-bond donors (Lipinski definition) is 2. The maximum Gasteiger partial charge on any atom is 0.409 e. The van der Waals surface area contributed by atoms with Crippen molar-refractivity contribution in [3.05, 3.63) is 0 Å². The molecule has 0 rings (SSSR count). The Labute approximate surface area is 96.9 Å². The first-order valence-corrected chi connectivity index (χ1v) is 5.44. The average Bonchev–Trinajstić information content (AvgIpc) is 1.98. The number of rotatable bonds is 5. The smallest absolute Gasteiger partial charge is 0.409 e. The second kappa shape index (κ2) is 6.35. The maximum absolute atomic E-state index is 11.4. The number of alkyl carbamates (subject to hydrolysis) is 1. The summed E-state index contributed by atoms with van der Waals surface area (Å²) in [5.41, 5.74) is -0.534. The number of amides is 2. The molecule has 0 heterocycles. The molecule has 0 aliphatic carbocycles. The Kier molecular flexibility index (Phi) is 5.85. The summed E-state index contributed by atoms with van der Waals surface area (Å²) in [6.45, 7) is 9.39. The molecule has 0 spiro atoms. The number of nitrogens with one attached hydrogen (secondary N) is 2. The van der Waals surface area contributed by atoms with E-state index in [2.05, 4.69) is 10.6 Å². The lowest BCUT2D eigenvalue weighted by Crippen LogP contribution is -2.47. The van der Waals surface area contributed by atoms with Crippen molar-refractivity contribution in [3.63, 3.8) is 0 Å². The molecule has 0 fully saturated rings. The standard InChI is InChI=1S/C11H22N2O3/c1-8(2)6-9(12-7-14)13-10(15)16-11(3,4)5/h7-9H,6H2,1-5H3,(H,12,14)(H,13,15)/t9-/m0/s1. The summed E-state index contributed by atoms with van der Waals surface area (Å²) >= 11 is 0. The fraction of sp³-hybridized carbons (Fsp3) is 0.818. The molecule has 16 heavy (non-hydrogen) atoms. The molecule has 2 N–H and O–H groups in total. The Morgan fingerprint density at radius 1 is 1.38 bits per heavy atom. The molecule has 0 aliphatic rings. The van der Waals surface area contributed by atoms with Crippen LogP contribution in [0.3, 0.4) is 0 Å². The minimum Gasteiger partial charge on any atom is -0.444 e. The first kappa shape index (κ1) is 14.7. The van der Waals surface area contributed by atoms with Crippen LogP contribution >= 0.6 is 0 Å². The fourth-order valence-corrected chi connectivity index (χ4v) is 1.17. The molecule has 0 aromatic carbocycles. The maximum atomic E-state index is 11.4. The Morgan fingerprint density at radius 2 is 1.94 bits per heavy atom. The second-order valence-corrected chi connectivity index (χ2v) is 5.11. The molecule has 0 radical (unpaired) electrons. The highest BCUT2D eigenvalue weighted by atomic mass is 16.6.